The quantitative estimate of drug-likeness (QED) is 0.837. The summed E-state index contributed by atoms with van der Waals surface area (Å²) in [6, 6.07) is 13.1. The lowest BCUT2D eigenvalue weighted by atomic mass is 10.1. The second-order valence-electron chi connectivity index (χ2n) is 5.46. The molecule has 1 N–H and O–H groups in total. The fourth-order valence-electron chi connectivity index (χ4n) is 2.07. The Balaban J connectivity index is 1.93. The van der Waals surface area contributed by atoms with Crippen molar-refractivity contribution in [3.05, 3.63) is 59.5 Å². The van der Waals surface area contributed by atoms with Crippen LogP contribution >= 0.6 is 0 Å². The molecule has 0 radical (unpaired) electrons. The van der Waals surface area contributed by atoms with E-state index in [0.717, 1.165) is 25.4 Å². The summed E-state index contributed by atoms with van der Waals surface area (Å²) in [6.45, 7) is 7.05. The lowest BCUT2D eigenvalue weighted by Gasteiger charge is -2.22. The molecule has 1 heterocycles. The third-order valence-corrected chi connectivity index (χ3v) is 3.61. The highest BCUT2D eigenvalue weighted by molar-refractivity contribution is 5.27. The standard InChI is InChI=1S/C17H24N2O/c1-14(2)19(3)13-16-8-5-4-7-15(16)11-18-12-17-9-6-10-20-17/h4-10,14,18H,11-13H2,1-3H3. The van der Waals surface area contributed by atoms with Gasteiger partial charge in [0.1, 0.15) is 5.76 Å². The molecule has 108 valence electrons. The second-order valence-corrected chi connectivity index (χ2v) is 5.46. The Bertz CT molecular complexity index is 505. The largest absolute Gasteiger partial charge is 0.468 e. The van der Waals surface area contributed by atoms with E-state index in [0.29, 0.717) is 6.04 Å². The summed E-state index contributed by atoms with van der Waals surface area (Å²) in [5.74, 6) is 0.974. The number of rotatable bonds is 7. The maximum atomic E-state index is 5.33. The van der Waals surface area contributed by atoms with Gasteiger partial charge in [-0.3, -0.25) is 4.90 Å². The second kappa shape index (κ2) is 7.27. The van der Waals surface area contributed by atoms with Crippen LogP contribution in [0.5, 0.6) is 0 Å². The van der Waals surface area contributed by atoms with Crippen molar-refractivity contribution in [3.8, 4) is 0 Å². The van der Waals surface area contributed by atoms with Gasteiger partial charge >= 0.3 is 0 Å². The minimum atomic E-state index is 0.555. The molecule has 0 atom stereocenters. The predicted octanol–water partition coefficient (Wildman–Crippen LogP) is 3.41. The van der Waals surface area contributed by atoms with Crippen LogP contribution in [0, 0.1) is 0 Å². The SMILES string of the molecule is CC(C)N(C)Cc1ccccc1CNCc1ccco1. The van der Waals surface area contributed by atoms with Gasteiger partial charge in [0.05, 0.1) is 12.8 Å². The number of benzene rings is 1. The molecule has 0 fully saturated rings. The Morgan fingerprint density at radius 1 is 1.05 bits per heavy atom. The van der Waals surface area contributed by atoms with Crippen molar-refractivity contribution < 1.29 is 4.42 Å². The Morgan fingerprint density at radius 2 is 1.80 bits per heavy atom. The molecular formula is C17H24N2O. The van der Waals surface area contributed by atoms with E-state index in [1.165, 1.54) is 11.1 Å². The molecule has 0 spiro atoms. The van der Waals surface area contributed by atoms with Crippen molar-refractivity contribution in [3.63, 3.8) is 0 Å². The molecule has 3 heteroatoms. The zero-order valence-electron chi connectivity index (χ0n) is 12.6. The van der Waals surface area contributed by atoms with E-state index < -0.39 is 0 Å². The zero-order valence-corrected chi connectivity index (χ0v) is 12.6. The fraction of sp³-hybridized carbons (Fsp3) is 0.412. The van der Waals surface area contributed by atoms with Crippen molar-refractivity contribution in [2.24, 2.45) is 0 Å². The Kier molecular flexibility index (Phi) is 5.39. The van der Waals surface area contributed by atoms with E-state index in [1.807, 2.05) is 12.1 Å². The predicted molar refractivity (Wildman–Crippen MR) is 82.3 cm³/mol. The Labute approximate surface area is 121 Å². The van der Waals surface area contributed by atoms with Crippen LogP contribution in [-0.2, 0) is 19.6 Å². The monoisotopic (exact) mass is 272 g/mol. The van der Waals surface area contributed by atoms with Gasteiger partial charge in [-0.05, 0) is 44.2 Å². The summed E-state index contributed by atoms with van der Waals surface area (Å²) in [5, 5.41) is 3.43. The van der Waals surface area contributed by atoms with Gasteiger partial charge < -0.3 is 9.73 Å². The van der Waals surface area contributed by atoms with Crippen LogP contribution in [0.2, 0.25) is 0 Å². The highest BCUT2D eigenvalue weighted by Gasteiger charge is 2.07. The normalized spacial score (nSPS) is 11.4. The highest BCUT2D eigenvalue weighted by atomic mass is 16.3. The molecule has 1 aromatic carbocycles. The number of hydrogen-bond acceptors (Lipinski definition) is 3. The smallest absolute Gasteiger partial charge is 0.117 e. The molecule has 0 saturated carbocycles. The zero-order chi connectivity index (χ0) is 14.4. The van der Waals surface area contributed by atoms with Gasteiger partial charge in [-0.2, -0.15) is 0 Å². The molecule has 0 amide bonds. The number of furan rings is 1. The summed E-state index contributed by atoms with van der Waals surface area (Å²) in [4.78, 5) is 2.35. The third-order valence-electron chi connectivity index (χ3n) is 3.61. The number of nitrogens with zero attached hydrogens (tertiary/aromatic N) is 1. The first-order valence-corrected chi connectivity index (χ1v) is 7.17. The van der Waals surface area contributed by atoms with Crippen LogP contribution < -0.4 is 5.32 Å². The van der Waals surface area contributed by atoms with E-state index in [9.17, 15) is 0 Å². The van der Waals surface area contributed by atoms with E-state index >= 15 is 0 Å². The average molecular weight is 272 g/mol. The first-order chi connectivity index (χ1) is 9.66. The summed E-state index contributed by atoms with van der Waals surface area (Å²) in [7, 11) is 2.16. The Hall–Kier alpha value is -1.58. The summed E-state index contributed by atoms with van der Waals surface area (Å²) >= 11 is 0. The summed E-state index contributed by atoms with van der Waals surface area (Å²) in [6.07, 6.45) is 1.71. The third kappa shape index (κ3) is 4.22. The van der Waals surface area contributed by atoms with Gasteiger partial charge in [0, 0.05) is 19.1 Å². The molecule has 0 bridgehead atoms. The first kappa shape index (κ1) is 14.8. The molecular weight excluding hydrogens is 248 g/mol. The van der Waals surface area contributed by atoms with E-state index in [1.54, 1.807) is 6.26 Å². The van der Waals surface area contributed by atoms with Gasteiger partial charge in [0.15, 0.2) is 0 Å². The lowest BCUT2D eigenvalue weighted by Crippen LogP contribution is -2.26. The molecule has 20 heavy (non-hydrogen) atoms. The molecule has 2 aromatic rings. The molecule has 3 nitrogen and oxygen atoms in total. The van der Waals surface area contributed by atoms with Crippen LogP contribution in [0.25, 0.3) is 0 Å². The number of hydrogen-bond donors (Lipinski definition) is 1. The highest BCUT2D eigenvalue weighted by Crippen LogP contribution is 2.12. The van der Waals surface area contributed by atoms with Crippen LogP contribution in [-0.4, -0.2) is 18.0 Å². The molecule has 0 saturated heterocycles. The van der Waals surface area contributed by atoms with Gasteiger partial charge in [0.2, 0.25) is 0 Å². The maximum Gasteiger partial charge on any atom is 0.117 e. The van der Waals surface area contributed by atoms with E-state index in [-0.39, 0.29) is 0 Å². The minimum Gasteiger partial charge on any atom is -0.468 e. The number of nitrogens with one attached hydrogen (secondary N) is 1. The average Bonchev–Trinajstić information content (AvgIpc) is 2.93. The van der Waals surface area contributed by atoms with Crippen molar-refractivity contribution in [1.82, 2.24) is 10.2 Å². The van der Waals surface area contributed by atoms with Crippen molar-refractivity contribution >= 4 is 0 Å². The molecule has 0 aliphatic rings. The molecule has 1 aromatic heterocycles. The van der Waals surface area contributed by atoms with E-state index in [4.69, 9.17) is 4.42 Å². The van der Waals surface area contributed by atoms with Gasteiger partial charge in [-0.15, -0.1) is 0 Å². The summed E-state index contributed by atoms with van der Waals surface area (Å²) < 4.78 is 5.33. The minimum absolute atomic E-state index is 0.555. The molecule has 0 aliphatic carbocycles. The lowest BCUT2D eigenvalue weighted by molar-refractivity contribution is 0.265. The van der Waals surface area contributed by atoms with Crippen LogP contribution in [0.3, 0.4) is 0 Å². The van der Waals surface area contributed by atoms with Crippen LogP contribution in [0.4, 0.5) is 0 Å². The maximum absolute atomic E-state index is 5.33. The molecule has 0 aliphatic heterocycles. The molecule has 2 rings (SSSR count). The van der Waals surface area contributed by atoms with Gasteiger partial charge in [0.25, 0.3) is 0 Å². The van der Waals surface area contributed by atoms with Crippen LogP contribution in [0.1, 0.15) is 30.7 Å². The van der Waals surface area contributed by atoms with Crippen molar-refractivity contribution in [1.29, 1.82) is 0 Å². The first-order valence-electron chi connectivity index (χ1n) is 7.17. The van der Waals surface area contributed by atoms with Crippen molar-refractivity contribution in [2.75, 3.05) is 7.05 Å². The van der Waals surface area contributed by atoms with Gasteiger partial charge in [-0.1, -0.05) is 24.3 Å². The van der Waals surface area contributed by atoms with Gasteiger partial charge in [-0.25, -0.2) is 0 Å². The fourth-order valence-corrected chi connectivity index (χ4v) is 2.07. The van der Waals surface area contributed by atoms with Crippen molar-refractivity contribution in [2.45, 2.75) is 39.5 Å². The topological polar surface area (TPSA) is 28.4 Å². The van der Waals surface area contributed by atoms with Crippen LogP contribution in [0.15, 0.2) is 47.1 Å². The molecule has 0 unspecified atom stereocenters. The van der Waals surface area contributed by atoms with E-state index in [2.05, 4.69) is 55.4 Å². The Morgan fingerprint density at radius 3 is 2.45 bits per heavy atom. The summed E-state index contributed by atoms with van der Waals surface area (Å²) in [5.41, 5.74) is 2.74.